The Morgan fingerprint density at radius 2 is 1.78 bits per heavy atom. The Morgan fingerprint density at radius 1 is 1.11 bits per heavy atom. The third-order valence-corrected chi connectivity index (χ3v) is 4.63. The van der Waals surface area contributed by atoms with Gasteiger partial charge in [0.25, 0.3) is 5.91 Å². The van der Waals surface area contributed by atoms with Gasteiger partial charge >= 0.3 is 5.97 Å². The van der Waals surface area contributed by atoms with Crippen LogP contribution in [0, 0.1) is 13.8 Å². The maximum absolute atomic E-state index is 12.0. The van der Waals surface area contributed by atoms with Gasteiger partial charge in [-0.15, -0.1) is 0 Å². The standard InChI is InChI=1S/C18H16N2O6S/c1-8-3-9(2)15-13(4-8)27-18(20-15)19-14(23)7-26-17(25)10-5-11(21)16(24)12(22)6-10/h3-6,21-22,24H,7H2,1-2H3,(H,19,20,23). The number of aromatic hydroxyl groups is 3. The van der Waals surface area contributed by atoms with Crippen LogP contribution in [0.4, 0.5) is 5.13 Å². The highest BCUT2D eigenvalue weighted by Gasteiger charge is 2.16. The molecule has 3 aromatic rings. The lowest BCUT2D eigenvalue weighted by atomic mass is 10.1. The third-order valence-electron chi connectivity index (χ3n) is 3.72. The number of nitrogens with one attached hydrogen (secondary N) is 1. The van der Waals surface area contributed by atoms with E-state index in [1.165, 1.54) is 11.3 Å². The van der Waals surface area contributed by atoms with E-state index < -0.39 is 35.7 Å². The van der Waals surface area contributed by atoms with Gasteiger partial charge < -0.3 is 20.1 Å². The van der Waals surface area contributed by atoms with Crippen molar-refractivity contribution in [3.63, 3.8) is 0 Å². The number of fused-ring (bicyclic) bond motifs is 1. The summed E-state index contributed by atoms with van der Waals surface area (Å²) >= 11 is 1.31. The van der Waals surface area contributed by atoms with E-state index in [4.69, 9.17) is 4.74 Å². The van der Waals surface area contributed by atoms with E-state index >= 15 is 0 Å². The van der Waals surface area contributed by atoms with Crippen LogP contribution in [0.5, 0.6) is 17.2 Å². The van der Waals surface area contributed by atoms with E-state index in [1.54, 1.807) is 0 Å². The minimum absolute atomic E-state index is 0.207. The SMILES string of the molecule is Cc1cc(C)c2nc(NC(=O)COC(=O)c3cc(O)c(O)c(O)c3)sc2c1. The normalized spacial score (nSPS) is 10.7. The second-order valence-corrected chi connectivity index (χ2v) is 6.97. The lowest BCUT2D eigenvalue weighted by molar-refractivity contribution is -0.119. The molecule has 1 amide bonds. The molecule has 8 nitrogen and oxygen atoms in total. The second kappa shape index (κ2) is 7.12. The maximum atomic E-state index is 12.0. The molecule has 0 bridgehead atoms. The van der Waals surface area contributed by atoms with Crippen molar-refractivity contribution < 1.29 is 29.6 Å². The Balaban J connectivity index is 1.64. The number of thiazole rings is 1. The molecule has 1 heterocycles. The first-order valence-corrected chi connectivity index (χ1v) is 8.66. The van der Waals surface area contributed by atoms with Gasteiger partial charge in [0, 0.05) is 0 Å². The molecule has 140 valence electrons. The quantitative estimate of drug-likeness (QED) is 0.399. The van der Waals surface area contributed by atoms with Crippen molar-refractivity contribution in [2.75, 3.05) is 11.9 Å². The van der Waals surface area contributed by atoms with Crippen LogP contribution in [0.2, 0.25) is 0 Å². The van der Waals surface area contributed by atoms with Gasteiger partial charge in [-0.05, 0) is 43.2 Å². The molecule has 0 unspecified atom stereocenters. The largest absolute Gasteiger partial charge is 0.504 e. The van der Waals surface area contributed by atoms with E-state index in [2.05, 4.69) is 10.3 Å². The number of aromatic nitrogens is 1. The highest BCUT2D eigenvalue weighted by molar-refractivity contribution is 7.22. The van der Waals surface area contributed by atoms with Crippen LogP contribution >= 0.6 is 11.3 Å². The number of hydrogen-bond acceptors (Lipinski definition) is 8. The van der Waals surface area contributed by atoms with Gasteiger partial charge in [-0.2, -0.15) is 0 Å². The average Bonchev–Trinajstić information content (AvgIpc) is 2.99. The molecule has 3 rings (SSSR count). The summed E-state index contributed by atoms with van der Waals surface area (Å²) < 4.78 is 5.79. The molecule has 0 aliphatic heterocycles. The van der Waals surface area contributed by atoms with E-state index in [0.29, 0.717) is 5.13 Å². The molecule has 2 aromatic carbocycles. The van der Waals surface area contributed by atoms with Crippen molar-refractivity contribution in [3.05, 3.63) is 41.0 Å². The highest BCUT2D eigenvalue weighted by Crippen LogP contribution is 2.35. The first-order valence-electron chi connectivity index (χ1n) is 7.84. The average molecular weight is 388 g/mol. The van der Waals surface area contributed by atoms with Crippen molar-refractivity contribution in [2.24, 2.45) is 0 Å². The summed E-state index contributed by atoms with van der Waals surface area (Å²) in [4.78, 5) is 28.3. The number of ether oxygens (including phenoxy) is 1. The number of hydrogen-bond donors (Lipinski definition) is 4. The lowest BCUT2D eigenvalue weighted by Crippen LogP contribution is -2.20. The predicted molar refractivity (Wildman–Crippen MR) is 99.4 cm³/mol. The summed E-state index contributed by atoms with van der Waals surface area (Å²) in [5, 5.41) is 31.0. The Hall–Kier alpha value is -3.33. The molecule has 0 fully saturated rings. The molecule has 0 saturated heterocycles. The molecule has 0 radical (unpaired) electrons. The number of amides is 1. The van der Waals surface area contributed by atoms with E-state index in [9.17, 15) is 24.9 Å². The molecular formula is C18H16N2O6S. The summed E-state index contributed by atoms with van der Waals surface area (Å²) in [6.07, 6.45) is 0. The first-order chi connectivity index (χ1) is 12.7. The van der Waals surface area contributed by atoms with E-state index in [1.807, 2.05) is 26.0 Å². The summed E-state index contributed by atoms with van der Waals surface area (Å²) in [7, 11) is 0. The molecule has 4 N–H and O–H groups in total. The van der Waals surface area contributed by atoms with Gasteiger partial charge in [0.05, 0.1) is 15.8 Å². The van der Waals surface area contributed by atoms with Crippen LogP contribution in [-0.2, 0) is 9.53 Å². The lowest BCUT2D eigenvalue weighted by Gasteiger charge is -2.07. The van der Waals surface area contributed by atoms with Gasteiger partial charge in [-0.3, -0.25) is 10.1 Å². The van der Waals surface area contributed by atoms with Crippen LogP contribution in [0.15, 0.2) is 24.3 Å². The number of benzene rings is 2. The van der Waals surface area contributed by atoms with Crippen LogP contribution in [-0.4, -0.2) is 38.8 Å². The smallest absolute Gasteiger partial charge is 0.338 e. The monoisotopic (exact) mass is 388 g/mol. The number of aryl methyl sites for hydroxylation is 2. The minimum Gasteiger partial charge on any atom is -0.504 e. The van der Waals surface area contributed by atoms with Crippen molar-refractivity contribution in [2.45, 2.75) is 13.8 Å². The van der Waals surface area contributed by atoms with E-state index in [0.717, 1.165) is 33.5 Å². The topological polar surface area (TPSA) is 129 Å². The van der Waals surface area contributed by atoms with Gasteiger partial charge in [0.2, 0.25) is 0 Å². The molecule has 0 aliphatic carbocycles. The predicted octanol–water partition coefficient (Wildman–Crippen LogP) is 2.83. The number of carbonyl (C=O) groups excluding carboxylic acids is 2. The number of anilines is 1. The van der Waals surface area contributed by atoms with Crippen molar-refractivity contribution in [1.29, 1.82) is 0 Å². The number of rotatable bonds is 4. The zero-order valence-electron chi connectivity index (χ0n) is 14.4. The summed E-state index contributed by atoms with van der Waals surface area (Å²) in [6.45, 7) is 3.34. The summed E-state index contributed by atoms with van der Waals surface area (Å²) in [5.74, 6) is -3.61. The van der Waals surface area contributed by atoms with Gasteiger partial charge in [-0.1, -0.05) is 17.4 Å². The van der Waals surface area contributed by atoms with Crippen LogP contribution < -0.4 is 5.32 Å². The Labute approximate surface area is 157 Å². The maximum Gasteiger partial charge on any atom is 0.338 e. The summed E-state index contributed by atoms with van der Waals surface area (Å²) in [6, 6.07) is 5.82. The fraction of sp³-hybridized carbons (Fsp3) is 0.167. The molecule has 0 aliphatic rings. The number of nitrogens with zero attached hydrogens (tertiary/aromatic N) is 1. The molecule has 0 atom stereocenters. The number of esters is 1. The Bertz CT molecular complexity index is 1040. The second-order valence-electron chi connectivity index (χ2n) is 5.93. The van der Waals surface area contributed by atoms with Crippen LogP contribution in [0.3, 0.4) is 0 Å². The van der Waals surface area contributed by atoms with Crippen LogP contribution in [0.1, 0.15) is 21.5 Å². The molecule has 0 spiro atoms. The Kier molecular flexibility index (Phi) is 4.87. The van der Waals surface area contributed by atoms with Crippen LogP contribution in [0.25, 0.3) is 10.2 Å². The molecule has 0 saturated carbocycles. The Morgan fingerprint density at radius 3 is 2.44 bits per heavy atom. The van der Waals surface area contributed by atoms with Crippen molar-refractivity contribution in [3.8, 4) is 17.2 Å². The van der Waals surface area contributed by atoms with Gasteiger partial charge in [-0.25, -0.2) is 9.78 Å². The molecule has 1 aromatic heterocycles. The fourth-order valence-electron chi connectivity index (χ4n) is 2.52. The first kappa shape index (κ1) is 18.5. The zero-order chi connectivity index (χ0) is 19.7. The van der Waals surface area contributed by atoms with E-state index in [-0.39, 0.29) is 5.56 Å². The van der Waals surface area contributed by atoms with Gasteiger partial charge in [0.15, 0.2) is 29.0 Å². The molecule has 9 heteroatoms. The summed E-state index contributed by atoms with van der Waals surface area (Å²) in [5.41, 5.74) is 2.69. The van der Waals surface area contributed by atoms with Crippen molar-refractivity contribution in [1.82, 2.24) is 4.98 Å². The number of phenols is 3. The molecular weight excluding hydrogens is 372 g/mol. The highest BCUT2D eigenvalue weighted by atomic mass is 32.1. The van der Waals surface area contributed by atoms with Gasteiger partial charge in [0.1, 0.15) is 0 Å². The number of phenolic OH excluding ortho intramolecular Hbond substituents is 3. The molecule has 27 heavy (non-hydrogen) atoms. The van der Waals surface area contributed by atoms with Crippen molar-refractivity contribution >= 4 is 38.6 Å². The third kappa shape index (κ3) is 3.93. The number of carbonyl (C=O) groups is 2. The zero-order valence-corrected chi connectivity index (χ0v) is 15.3. The fourth-order valence-corrected chi connectivity index (χ4v) is 3.57. The minimum atomic E-state index is -0.938.